The van der Waals surface area contributed by atoms with E-state index >= 15 is 0 Å². The summed E-state index contributed by atoms with van der Waals surface area (Å²) in [6.45, 7) is 5.38. The first-order chi connectivity index (χ1) is 16.9. The van der Waals surface area contributed by atoms with E-state index in [9.17, 15) is 15.0 Å². The first-order valence-corrected chi connectivity index (χ1v) is 14.1. The number of rotatable bonds is 7. The number of hydrogen-bond donors (Lipinski definition) is 2. The lowest BCUT2D eigenvalue weighted by molar-refractivity contribution is -0.174. The third-order valence-corrected chi connectivity index (χ3v) is 9.60. The maximum atomic E-state index is 12.7. The van der Waals surface area contributed by atoms with E-state index in [2.05, 4.69) is 36.9 Å². The Kier molecular flexibility index (Phi) is 7.12. The molecule has 1 saturated heterocycles. The van der Waals surface area contributed by atoms with Crippen molar-refractivity contribution in [2.24, 2.45) is 23.2 Å². The molecule has 3 atom stereocenters. The molecule has 3 fully saturated rings. The summed E-state index contributed by atoms with van der Waals surface area (Å²) < 4.78 is 0. The highest BCUT2D eigenvalue weighted by Crippen LogP contribution is 2.55. The van der Waals surface area contributed by atoms with Crippen molar-refractivity contribution in [3.8, 4) is 5.75 Å². The minimum Gasteiger partial charge on any atom is -0.507 e. The topological polar surface area (TPSA) is 60.8 Å². The van der Waals surface area contributed by atoms with Crippen molar-refractivity contribution in [3.63, 3.8) is 0 Å². The van der Waals surface area contributed by atoms with Crippen LogP contribution < -0.4 is 0 Å². The van der Waals surface area contributed by atoms with E-state index in [1.165, 1.54) is 32.1 Å². The van der Waals surface area contributed by atoms with Crippen molar-refractivity contribution in [2.75, 3.05) is 6.54 Å². The number of likely N-dealkylation sites (tertiary alicyclic amines) is 1. The molecule has 3 aliphatic rings. The Morgan fingerprint density at radius 3 is 2.37 bits per heavy atom. The molecule has 2 N–H and O–H groups in total. The van der Waals surface area contributed by atoms with Crippen LogP contribution in [0.2, 0.25) is 0 Å². The van der Waals surface area contributed by atoms with Crippen molar-refractivity contribution in [3.05, 3.63) is 42.0 Å². The minimum absolute atomic E-state index is 0.161. The average molecular weight is 478 g/mol. The van der Waals surface area contributed by atoms with E-state index < -0.39 is 11.4 Å². The molecule has 0 radical (unpaired) electrons. The summed E-state index contributed by atoms with van der Waals surface area (Å²) in [4.78, 5) is 15.4. The van der Waals surface area contributed by atoms with Crippen molar-refractivity contribution in [2.45, 2.75) is 96.6 Å². The summed E-state index contributed by atoms with van der Waals surface area (Å²) in [5.74, 6) is 1.08. The van der Waals surface area contributed by atoms with E-state index in [0.717, 1.165) is 61.4 Å². The van der Waals surface area contributed by atoms with Gasteiger partial charge in [-0.05, 0) is 49.3 Å². The van der Waals surface area contributed by atoms with Gasteiger partial charge >= 0.3 is 5.97 Å². The van der Waals surface area contributed by atoms with E-state index in [-0.39, 0.29) is 18.0 Å². The van der Waals surface area contributed by atoms with Gasteiger partial charge in [-0.1, -0.05) is 88.8 Å². The quantitative estimate of drug-likeness (QED) is 0.432. The van der Waals surface area contributed by atoms with Gasteiger partial charge in [-0.2, -0.15) is 0 Å². The highest BCUT2D eigenvalue weighted by Gasteiger charge is 2.58. The molecule has 1 aliphatic heterocycles. The number of carbonyl (C=O) groups is 1. The smallest absolute Gasteiger partial charge is 0.310 e. The second-order valence-electron chi connectivity index (χ2n) is 12.1. The van der Waals surface area contributed by atoms with Gasteiger partial charge in [0.05, 0.1) is 5.41 Å². The number of fused-ring (bicyclic) bond motifs is 1. The monoisotopic (exact) mass is 477 g/mol. The number of benzene rings is 2. The third kappa shape index (κ3) is 4.48. The molecule has 4 nitrogen and oxygen atoms in total. The molecule has 4 heteroatoms. The van der Waals surface area contributed by atoms with Gasteiger partial charge < -0.3 is 10.2 Å². The Hall–Kier alpha value is -2.07. The van der Waals surface area contributed by atoms with E-state index in [1.807, 2.05) is 18.2 Å². The first kappa shape index (κ1) is 24.6. The highest BCUT2D eigenvalue weighted by atomic mass is 16.4. The lowest BCUT2D eigenvalue weighted by Crippen LogP contribution is -2.66. The highest BCUT2D eigenvalue weighted by molar-refractivity contribution is 5.89. The number of hydrogen-bond acceptors (Lipinski definition) is 3. The van der Waals surface area contributed by atoms with Crippen LogP contribution in [0, 0.1) is 23.2 Å². The summed E-state index contributed by atoms with van der Waals surface area (Å²) in [6.07, 6.45) is 12.1. The molecule has 190 valence electrons. The molecular formula is C31H43NO3. The second-order valence-corrected chi connectivity index (χ2v) is 12.1. The van der Waals surface area contributed by atoms with Crippen LogP contribution in [0.1, 0.15) is 96.1 Å². The number of aromatic hydroxyl groups is 1. The second kappa shape index (κ2) is 10.1. The van der Waals surface area contributed by atoms with Crippen LogP contribution in [0.5, 0.6) is 5.75 Å². The van der Waals surface area contributed by atoms with E-state index in [0.29, 0.717) is 17.6 Å². The Balaban J connectivity index is 1.54. The molecule has 2 aliphatic carbocycles. The summed E-state index contributed by atoms with van der Waals surface area (Å²) in [5.41, 5.74) is 0.479. The largest absolute Gasteiger partial charge is 0.507 e. The summed E-state index contributed by atoms with van der Waals surface area (Å²) in [7, 11) is 0. The van der Waals surface area contributed by atoms with Gasteiger partial charge in [0, 0.05) is 35.5 Å². The summed E-state index contributed by atoms with van der Waals surface area (Å²) >= 11 is 0. The molecule has 35 heavy (non-hydrogen) atoms. The Morgan fingerprint density at radius 1 is 1.00 bits per heavy atom. The van der Waals surface area contributed by atoms with Crippen molar-refractivity contribution in [1.82, 2.24) is 4.90 Å². The van der Waals surface area contributed by atoms with Gasteiger partial charge in [0.25, 0.3) is 0 Å². The zero-order chi connectivity index (χ0) is 24.6. The van der Waals surface area contributed by atoms with Crippen molar-refractivity contribution < 1.29 is 15.0 Å². The number of phenols is 1. The lowest BCUT2D eigenvalue weighted by Gasteiger charge is -2.60. The van der Waals surface area contributed by atoms with Crippen LogP contribution in [0.4, 0.5) is 0 Å². The Labute approximate surface area is 210 Å². The standard InChI is InChI=1S/C31H43NO3/c1-21(2)19-27-26(31(30(34)35)17-9-4-10-18-31)20-32(27)28(23-12-5-3-6-13-23)25-16-15-22-11-7-8-14-24(22)29(25)33/h7-8,11,14-16,21,23,26-28,33H,3-6,9-10,12-13,17-20H2,1-2H3,(H,34,35). The van der Waals surface area contributed by atoms with Crippen LogP contribution in [-0.4, -0.2) is 33.7 Å². The van der Waals surface area contributed by atoms with Gasteiger partial charge in [-0.15, -0.1) is 0 Å². The van der Waals surface area contributed by atoms with Crippen LogP contribution >= 0.6 is 0 Å². The molecule has 0 aromatic heterocycles. The SMILES string of the molecule is CC(C)CC1C(C2(C(=O)O)CCCCC2)CN1C(c1ccc2ccccc2c1O)C1CCCCC1. The van der Waals surface area contributed by atoms with Crippen molar-refractivity contribution >= 4 is 16.7 Å². The number of carboxylic acids is 1. The number of aliphatic carboxylic acids is 1. The van der Waals surface area contributed by atoms with Gasteiger partial charge in [-0.25, -0.2) is 0 Å². The zero-order valence-electron chi connectivity index (χ0n) is 21.6. The van der Waals surface area contributed by atoms with Gasteiger partial charge in [0.15, 0.2) is 0 Å². The predicted molar refractivity (Wildman–Crippen MR) is 142 cm³/mol. The molecule has 0 bridgehead atoms. The van der Waals surface area contributed by atoms with Crippen LogP contribution in [0.25, 0.3) is 10.8 Å². The molecule has 0 spiro atoms. The first-order valence-electron chi connectivity index (χ1n) is 14.1. The van der Waals surface area contributed by atoms with Crippen LogP contribution in [0.3, 0.4) is 0 Å². The maximum absolute atomic E-state index is 12.7. The molecular weight excluding hydrogens is 434 g/mol. The van der Waals surface area contributed by atoms with Gasteiger partial charge in [-0.3, -0.25) is 9.69 Å². The number of nitrogens with zero attached hydrogens (tertiary/aromatic N) is 1. The Bertz CT molecular complexity index is 1030. The van der Waals surface area contributed by atoms with Crippen LogP contribution in [0.15, 0.2) is 36.4 Å². The van der Waals surface area contributed by atoms with E-state index in [1.54, 1.807) is 0 Å². The number of phenolic OH excluding ortho intramolecular Hbond substituents is 1. The minimum atomic E-state index is -0.573. The zero-order valence-corrected chi connectivity index (χ0v) is 21.6. The van der Waals surface area contributed by atoms with Gasteiger partial charge in [0.2, 0.25) is 0 Å². The number of carboxylic acid groups (broad SMARTS) is 1. The fourth-order valence-electron chi connectivity index (χ4n) is 7.81. The molecule has 0 amide bonds. The molecule has 1 heterocycles. The van der Waals surface area contributed by atoms with Gasteiger partial charge in [0.1, 0.15) is 5.75 Å². The van der Waals surface area contributed by atoms with E-state index in [4.69, 9.17) is 0 Å². The fraction of sp³-hybridized carbons (Fsp3) is 0.645. The summed E-state index contributed by atoms with van der Waals surface area (Å²) in [6, 6.07) is 12.9. The molecule has 2 aromatic carbocycles. The molecule has 2 saturated carbocycles. The molecule has 3 unspecified atom stereocenters. The normalized spacial score (nSPS) is 26.5. The summed E-state index contributed by atoms with van der Waals surface area (Å²) in [5, 5.41) is 24.0. The van der Waals surface area contributed by atoms with Crippen molar-refractivity contribution in [1.29, 1.82) is 0 Å². The average Bonchev–Trinajstić information content (AvgIpc) is 2.86. The third-order valence-electron chi connectivity index (χ3n) is 9.60. The van der Waals surface area contributed by atoms with Crippen LogP contribution in [-0.2, 0) is 4.79 Å². The maximum Gasteiger partial charge on any atom is 0.310 e. The lowest BCUT2D eigenvalue weighted by atomic mass is 9.58. The predicted octanol–water partition coefficient (Wildman–Crippen LogP) is 7.55. The Morgan fingerprint density at radius 2 is 1.69 bits per heavy atom. The molecule has 2 aromatic rings. The fourth-order valence-corrected chi connectivity index (χ4v) is 7.81. The molecule has 5 rings (SSSR count).